The number of ether oxygens (including phenoxy) is 2. The van der Waals surface area contributed by atoms with Crippen LogP contribution in [0.5, 0.6) is 0 Å². The molecule has 3 saturated carbocycles. The van der Waals surface area contributed by atoms with Crippen molar-refractivity contribution in [1.29, 1.82) is 0 Å². The smallest absolute Gasteiger partial charge is 0.309 e. The van der Waals surface area contributed by atoms with E-state index in [0.717, 1.165) is 30.8 Å². The highest BCUT2D eigenvalue weighted by molar-refractivity contribution is 5.73. The minimum atomic E-state index is -1.26. The first-order valence-electron chi connectivity index (χ1n) is 12.3. The zero-order valence-corrected chi connectivity index (χ0v) is 19.6. The average Bonchev–Trinajstić information content (AvgIpc) is 3.13. The van der Waals surface area contributed by atoms with E-state index in [2.05, 4.69) is 19.9 Å². The summed E-state index contributed by atoms with van der Waals surface area (Å²) in [4.78, 5) is 25.3. The number of hydrogen-bond acceptors (Lipinski definition) is 4. The molecule has 0 N–H and O–H groups in total. The highest BCUT2D eigenvalue weighted by Gasteiger charge is 2.69. The lowest BCUT2D eigenvalue weighted by atomic mass is 9.44. The quantitative estimate of drug-likeness (QED) is 0.311. The molecular weight excluding hydrogens is 376 g/mol. The molecule has 0 radical (unpaired) electrons. The van der Waals surface area contributed by atoms with E-state index in [0.29, 0.717) is 23.2 Å². The molecule has 4 nitrogen and oxygen atoms in total. The van der Waals surface area contributed by atoms with Gasteiger partial charge < -0.3 is 9.47 Å². The largest absolute Gasteiger partial charge is 0.418 e. The molecule has 0 saturated heterocycles. The van der Waals surface area contributed by atoms with Crippen molar-refractivity contribution < 1.29 is 19.1 Å². The van der Waals surface area contributed by atoms with Crippen LogP contribution in [0.25, 0.3) is 0 Å². The maximum Gasteiger partial charge on any atom is 0.309 e. The lowest BCUT2D eigenvalue weighted by Crippen LogP contribution is -2.66. The Morgan fingerprint density at radius 1 is 0.967 bits per heavy atom. The molecule has 0 aliphatic heterocycles. The summed E-state index contributed by atoms with van der Waals surface area (Å²) in [5.41, 5.74) is 1.01. The number of esters is 2. The normalized spacial score (nSPS) is 41.7. The number of carbonyl (C=O) groups excluding carboxylic acids is 2. The fraction of sp³-hybridized carbons (Fsp3) is 0.846. The van der Waals surface area contributed by atoms with E-state index in [1.165, 1.54) is 32.1 Å². The van der Waals surface area contributed by atoms with E-state index in [9.17, 15) is 9.59 Å². The molecule has 0 aromatic heterocycles. The predicted molar refractivity (Wildman–Crippen MR) is 116 cm³/mol. The van der Waals surface area contributed by atoms with Crippen LogP contribution in [0.3, 0.4) is 0 Å². The van der Waals surface area contributed by atoms with Crippen molar-refractivity contribution in [1.82, 2.24) is 0 Å². The van der Waals surface area contributed by atoms with Crippen molar-refractivity contribution >= 4 is 11.9 Å². The molecule has 0 bridgehead atoms. The molecule has 0 aromatic rings. The number of hydrogen-bond donors (Lipinski definition) is 0. The molecule has 4 heteroatoms. The number of carbonyl (C=O) groups is 2. The first-order valence-corrected chi connectivity index (χ1v) is 12.3. The highest BCUT2D eigenvalue weighted by Crippen LogP contribution is 2.69. The van der Waals surface area contributed by atoms with Gasteiger partial charge in [-0.1, -0.05) is 40.2 Å². The van der Waals surface area contributed by atoms with Gasteiger partial charge in [-0.25, -0.2) is 0 Å². The van der Waals surface area contributed by atoms with Gasteiger partial charge in [0.05, 0.1) is 5.41 Å². The van der Waals surface area contributed by atoms with Gasteiger partial charge in [0.15, 0.2) is 0 Å². The molecule has 4 rings (SSSR count). The van der Waals surface area contributed by atoms with Crippen molar-refractivity contribution in [3.63, 3.8) is 0 Å². The van der Waals surface area contributed by atoms with Crippen LogP contribution in [-0.4, -0.2) is 17.7 Å². The van der Waals surface area contributed by atoms with Crippen molar-refractivity contribution in [3.05, 3.63) is 11.6 Å². The average molecular weight is 417 g/mol. The Labute approximate surface area is 182 Å². The summed E-state index contributed by atoms with van der Waals surface area (Å²) in [5, 5.41) is 0. The van der Waals surface area contributed by atoms with Gasteiger partial charge in [0.25, 0.3) is 5.79 Å². The molecule has 1 unspecified atom stereocenters. The van der Waals surface area contributed by atoms with E-state index in [1.54, 1.807) is 0 Å². The number of fused-ring (bicyclic) bond motifs is 5. The molecule has 0 heterocycles. The van der Waals surface area contributed by atoms with Gasteiger partial charge in [-0.3, -0.25) is 9.59 Å². The molecule has 3 fully saturated rings. The zero-order chi connectivity index (χ0) is 21.7. The minimum absolute atomic E-state index is 0.280. The van der Waals surface area contributed by atoms with Gasteiger partial charge in [0.2, 0.25) is 0 Å². The van der Waals surface area contributed by atoms with Gasteiger partial charge >= 0.3 is 11.9 Å². The van der Waals surface area contributed by atoms with Gasteiger partial charge in [-0.05, 0) is 81.0 Å². The summed E-state index contributed by atoms with van der Waals surface area (Å²) < 4.78 is 12.4. The standard InChI is InChI=1S/C26H40O4/c1-6-22(27)29-26(30-23(28)7-2)17(3)10-11-18-12-13-19-20-9-8-15-24(20,4)16-14-21(19)25(18,26)5/h10,18-21H,6-9,11-16H2,1-5H3/t18?,19-,20-,21-,24-,25-/m0/s1. The second kappa shape index (κ2) is 7.67. The Morgan fingerprint density at radius 3 is 2.27 bits per heavy atom. The van der Waals surface area contributed by atoms with Crippen molar-refractivity contribution in [3.8, 4) is 0 Å². The zero-order valence-electron chi connectivity index (χ0n) is 19.6. The van der Waals surface area contributed by atoms with Crippen molar-refractivity contribution in [2.75, 3.05) is 0 Å². The fourth-order valence-electron chi connectivity index (χ4n) is 8.04. The Morgan fingerprint density at radius 2 is 1.63 bits per heavy atom. The Hall–Kier alpha value is -1.32. The number of rotatable bonds is 4. The van der Waals surface area contributed by atoms with Crippen LogP contribution in [0.15, 0.2) is 11.6 Å². The second-order valence-corrected chi connectivity index (χ2v) is 10.9. The number of allylic oxidation sites excluding steroid dienone is 1. The molecule has 30 heavy (non-hydrogen) atoms. The van der Waals surface area contributed by atoms with Crippen molar-refractivity contribution in [2.24, 2.45) is 34.5 Å². The molecule has 0 aromatic carbocycles. The Balaban J connectivity index is 1.82. The SMILES string of the molecule is CCC(=O)OC1(OC(=O)CC)C(C)=CCC2CC[C@H]3[C@@H]4CCC[C@@]4(C)CC[C@@H]3[C@]21C. The first-order chi connectivity index (χ1) is 14.2. The van der Waals surface area contributed by atoms with Crippen LogP contribution < -0.4 is 0 Å². The topological polar surface area (TPSA) is 52.6 Å². The molecule has 0 spiro atoms. The molecule has 4 aliphatic rings. The molecule has 4 aliphatic carbocycles. The Bertz CT molecular complexity index is 721. The molecule has 168 valence electrons. The van der Waals surface area contributed by atoms with Crippen LogP contribution in [0.4, 0.5) is 0 Å². The maximum atomic E-state index is 12.7. The van der Waals surface area contributed by atoms with E-state index < -0.39 is 5.79 Å². The van der Waals surface area contributed by atoms with E-state index in [1.807, 2.05) is 20.8 Å². The highest BCUT2D eigenvalue weighted by atomic mass is 16.7. The summed E-state index contributed by atoms with van der Waals surface area (Å²) in [6.07, 6.45) is 12.5. The van der Waals surface area contributed by atoms with Gasteiger partial charge in [0.1, 0.15) is 0 Å². The fourth-order valence-corrected chi connectivity index (χ4v) is 8.04. The van der Waals surface area contributed by atoms with Crippen LogP contribution >= 0.6 is 0 Å². The summed E-state index contributed by atoms with van der Waals surface area (Å²) in [6, 6.07) is 0. The van der Waals surface area contributed by atoms with E-state index in [-0.39, 0.29) is 30.2 Å². The third-order valence-corrected chi connectivity index (χ3v) is 9.71. The summed E-state index contributed by atoms with van der Waals surface area (Å²) in [5.74, 6) is 0.369. The summed E-state index contributed by atoms with van der Waals surface area (Å²) in [7, 11) is 0. The molecule has 6 atom stereocenters. The lowest BCUT2D eigenvalue weighted by Gasteiger charge is -2.64. The molecule has 0 amide bonds. The third-order valence-electron chi connectivity index (χ3n) is 9.71. The monoisotopic (exact) mass is 416 g/mol. The third kappa shape index (κ3) is 2.99. The lowest BCUT2D eigenvalue weighted by molar-refractivity contribution is -0.295. The van der Waals surface area contributed by atoms with Crippen LogP contribution in [0.1, 0.15) is 98.8 Å². The molecular formula is C26H40O4. The second-order valence-electron chi connectivity index (χ2n) is 10.9. The van der Waals surface area contributed by atoms with Gasteiger partial charge in [0, 0.05) is 18.4 Å². The van der Waals surface area contributed by atoms with E-state index in [4.69, 9.17) is 9.47 Å². The van der Waals surface area contributed by atoms with Crippen molar-refractivity contribution in [2.45, 2.75) is 105 Å². The summed E-state index contributed by atoms with van der Waals surface area (Å²) >= 11 is 0. The van der Waals surface area contributed by atoms with Gasteiger partial charge in [-0.2, -0.15) is 0 Å². The van der Waals surface area contributed by atoms with E-state index >= 15 is 0 Å². The van der Waals surface area contributed by atoms with Crippen LogP contribution in [0, 0.1) is 34.5 Å². The Kier molecular flexibility index (Phi) is 5.60. The minimum Gasteiger partial charge on any atom is -0.418 e. The maximum absolute atomic E-state index is 12.7. The predicted octanol–water partition coefficient (Wildman–Crippen LogP) is 6.19. The van der Waals surface area contributed by atoms with Crippen LogP contribution in [-0.2, 0) is 19.1 Å². The first kappa shape index (κ1) is 21.9. The van der Waals surface area contributed by atoms with Gasteiger partial charge in [-0.15, -0.1) is 0 Å². The van der Waals surface area contributed by atoms with Crippen LogP contribution in [0.2, 0.25) is 0 Å². The summed E-state index contributed by atoms with van der Waals surface area (Å²) in [6.45, 7) is 10.4.